The van der Waals surface area contributed by atoms with Crippen molar-refractivity contribution in [1.82, 2.24) is 30.3 Å². The molecule has 130 valence electrons. The first-order valence-electron chi connectivity index (χ1n) is 8.14. The molecule has 0 fully saturated rings. The molecule has 2 aromatic heterocycles. The quantitative estimate of drug-likeness (QED) is 0.529. The first kappa shape index (κ1) is 15.9. The SMILES string of the molecule is C[C@@H](Oc1ccc(-n2cnnn2)cc1)c1nc(Cc2ccccc2)no1. The summed E-state index contributed by atoms with van der Waals surface area (Å²) in [7, 11) is 0. The smallest absolute Gasteiger partial charge is 0.267 e. The van der Waals surface area contributed by atoms with Gasteiger partial charge in [0.25, 0.3) is 5.89 Å². The molecule has 2 heterocycles. The average molecular weight is 348 g/mol. The Balaban J connectivity index is 1.41. The van der Waals surface area contributed by atoms with Crippen molar-refractivity contribution >= 4 is 0 Å². The van der Waals surface area contributed by atoms with Gasteiger partial charge >= 0.3 is 0 Å². The van der Waals surface area contributed by atoms with Gasteiger partial charge in [-0.05, 0) is 47.2 Å². The third kappa shape index (κ3) is 3.59. The average Bonchev–Trinajstić information content (AvgIpc) is 3.35. The summed E-state index contributed by atoms with van der Waals surface area (Å²) < 4.78 is 12.8. The molecule has 0 spiro atoms. The maximum absolute atomic E-state index is 5.88. The van der Waals surface area contributed by atoms with Crippen LogP contribution < -0.4 is 4.74 Å². The van der Waals surface area contributed by atoms with Crippen LogP contribution in [0.5, 0.6) is 5.75 Å². The van der Waals surface area contributed by atoms with Crippen molar-refractivity contribution in [1.29, 1.82) is 0 Å². The van der Waals surface area contributed by atoms with Crippen molar-refractivity contribution in [2.24, 2.45) is 0 Å². The maximum Gasteiger partial charge on any atom is 0.267 e. The van der Waals surface area contributed by atoms with Gasteiger partial charge in [0.1, 0.15) is 12.1 Å². The molecule has 0 aliphatic heterocycles. The fourth-order valence-electron chi connectivity index (χ4n) is 2.49. The second-order valence-electron chi connectivity index (χ2n) is 5.72. The topological polar surface area (TPSA) is 91.8 Å². The van der Waals surface area contributed by atoms with E-state index in [0.29, 0.717) is 23.9 Å². The number of ether oxygens (including phenoxy) is 1. The summed E-state index contributed by atoms with van der Waals surface area (Å²) in [5, 5.41) is 15.1. The Bertz CT molecular complexity index is 951. The standard InChI is InChI=1S/C18H16N6O2/c1-13(18-20-17(21-26-18)11-14-5-3-2-4-6-14)25-16-9-7-15(8-10-16)24-12-19-22-23-24/h2-10,12-13H,11H2,1H3/t13-/m1/s1. The summed E-state index contributed by atoms with van der Waals surface area (Å²) in [5.41, 5.74) is 1.98. The lowest BCUT2D eigenvalue weighted by Gasteiger charge is -2.11. The molecule has 2 aromatic carbocycles. The zero-order chi connectivity index (χ0) is 17.8. The van der Waals surface area contributed by atoms with Crippen molar-refractivity contribution in [2.45, 2.75) is 19.4 Å². The molecule has 0 aliphatic carbocycles. The third-order valence-electron chi connectivity index (χ3n) is 3.80. The summed E-state index contributed by atoms with van der Waals surface area (Å²) >= 11 is 0. The summed E-state index contributed by atoms with van der Waals surface area (Å²) in [4.78, 5) is 4.43. The zero-order valence-electron chi connectivity index (χ0n) is 14.1. The van der Waals surface area contributed by atoms with Gasteiger partial charge in [0.05, 0.1) is 5.69 Å². The molecule has 4 aromatic rings. The number of hydrogen-bond donors (Lipinski definition) is 0. The maximum atomic E-state index is 5.88. The van der Waals surface area contributed by atoms with Gasteiger partial charge in [0.15, 0.2) is 11.9 Å². The molecule has 0 unspecified atom stereocenters. The lowest BCUT2D eigenvalue weighted by Crippen LogP contribution is -2.04. The van der Waals surface area contributed by atoms with Crippen LogP contribution in [-0.2, 0) is 6.42 Å². The van der Waals surface area contributed by atoms with Crippen LogP contribution in [0.4, 0.5) is 0 Å². The largest absolute Gasteiger partial charge is 0.481 e. The Morgan fingerprint density at radius 3 is 2.62 bits per heavy atom. The second kappa shape index (κ2) is 7.14. The molecule has 0 saturated heterocycles. The van der Waals surface area contributed by atoms with Crippen LogP contribution in [0, 0.1) is 0 Å². The first-order chi connectivity index (χ1) is 12.8. The highest BCUT2D eigenvalue weighted by atomic mass is 16.5. The number of tetrazole rings is 1. The molecule has 0 bridgehead atoms. The van der Waals surface area contributed by atoms with Crippen molar-refractivity contribution in [3.05, 3.63) is 78.2 Å². The summed E-state index contributed by atoms with van der Waals surface area (Å²) in [6.45, 7) is 1.87. The van der Waals surface area contributed by atoms with Crippen LogP contribution >= 0.6 is 0 Å². The molecule has 0 saturated carbocycles. The van der Waals surface area contributed by atoms with E-state index in [-0.39, 0.29) is 6.10 Å². The Morgan fingerprint density at radius 1 is 1.08 bits per heavy atom. The normalized spacial score (nSPS) is 12.0. The van der Waals surface area contributed by atoms with Crippen LogP contribution in [0.1, 0.15) is 30.3 Å². The predicted octanol–water partition coefficient (Wildman–Crippen LogP) is 2.78. The molecule has 8 nitrogen and oxygen atoms in total. The van der Waals surface area contributed by atoms with Crippen molar-refractivity contribution in [3.8, 4) is 11.4 Å². The molecule has 0 aliphatic rings. The molecule has 0 radical (unpaired) electrons. The highest BCUT2D eigenvalue weighted by Gasteiger charge is 2.16. The van der Waals surface area contributed by atoms with Gasteiger partial charge in [0, 0.05) is 6.42 Å². The van der Waals surface area contributed by atoms with Crippen LogP contribution in [0.3, 0.4) is 0 Å². The lowest BCUT2D eigenvalue weighted by molar-refractivity contribution is 0.175. The van der Waals surface area contributed by atoms with E-state index < -0.39 is 0 Å². The second-order valence-corrected chi connectivity index (χ2v) is 5.72. The van der Waals surface area contributed by atoms with Gasteiger partial charge in [-0.2, -0.15) is 4.98 Å². The summed E-state index contributed by atoms with van der Waals surface area (Å²) in [5.74, 6) is 1.77. The Hall–Kier alpha value is -3.55. The van der Waals surface area contributed by atoms with Crippen molar-refractivity contribution < 1.29 is 9.26 Å². The van der Waals surface area contributed by atoms with Gasteiger partial charge in [-0.15, -0.1) is 5.10 Å². The minimum absolute atomic E-state index is 0.356. The molecule has 4 rings (SSSR count). The molecular formula is C18H16N6O2. The third-order valence-corrected chi connectivity index (χ3v) is 3.80. The van der Waals surface area contributed by atoms with Crippen molar-refractivity contribution in [3.63, 3.8) is 0 Å². The zero-order valence-corrected chi connectivity index (χ0v) is 14.1. The Labute approximate surface area is 149 Å². The van der Waals surface area contributed by atoms with Crippen LogP contribution in [-0.4, -0.2) is 30.3 Å². The van der Waals surface area contributed by atoms with Crippen LogP contribution in [0.2, 0.25) is 0 Å². The Kier molecular flexibility index (Phi) is 4.38. The van der Waals surface area contributed by atoms with E-state index in [2.05, 4.69) is 25.7 Å². The first-order valence-corrected chi connectivity index (χ1v) is 8.14. The number of benzene rings is 2. The van der Waals surface area contributed by atoms with Gasteiger partial charge in [-0.25, -0.2) is 4.68 Å². The number of rotatable bonds is 6. The fraction of sp³-hybridized carbons (Fsp3) is 0.167. The van der Waals surface area contributed by atoms with E-state index >= 15 is 0 Å². The number of nitrogens with zero attached hydrogens (tertiary/aromatic N) is 6. The van der Waals surface area contributed by atoms with E-state index in [1.807, 2.05) is 61.5 Å². The van der Waals surface area contributed by atoms with Gasteiger partial charge in [-0.3, -0.25) is 0 Å². The fourth-order valence-corrected chi connectivity index (χ4v) is 2.49. The molecule has 26 heavy (non-hydrogen) atoms. The minimum Gasteiger partial charge on any atom is -0.481 e. The number of hydrogen-bond acceptors (Lipinski definition) is 7. The van der Waals surface area contributed by atoms with Crippen molar-refractivity contribution in [2.75, 3.05) is 0 Å². The van der Waals surface area contributed by atoms with E-state index in [1.165, 1.54) is 6.33 Å². The Morgan fingerprint density at radius 2 is 1.88 bits per heavy atom. The van der Waals surface area contributed by atoms with Gasteiger partial charge < -0.3 is 9.26 Å². The van der Waals surface area contributed by atoms with E-state index in [9.17, 15) is 0 Å². The van der Waals surface area contributed by atoms with Crippen LogP contribution in [0.25, 0.3) is 5.69 Å². The van der Waals surface area contributed by atoms with E-state index in [0.717, 1.165) is 11.3 Å². The highest BCUT2D eigenvalue weighted by molar-refractivity contribution is 5.36. The minimum atomic E-state index is -0.356. The van der Waals surface area contributed by atoms with Crippen LogP contribution in [0.15, 0.2) is 65.4 Å². The summed E-state index contributed by atoms with van der Waals surface area (Å²) in [6.07, 6.45) is 1.80. The highest BCUT2D eigenvalue weighted by Crippen LogP contribution is 2.22. The molecule has 0 amide bonds. The lowest BCUT2D eigenvalue weighted by atomic mass is 10.1. The predicted molar refractivity (Wildman–Crippen MR) is 91.7 cm³/mol. The molecule has 8 heteroatoms. The molecular weight excluding hydrogens is 332 g/mol. The van der Waals surface area contributed by atoms with Gasteiger partial charge in [0.2, 0.25) is 0 Å². The molecule has 1 atom stereocenters. The van der Waals surface area contributed by atoms with E-state index in [1.54, 1.807) is 4.68 Å². The molecule has 0 N–H and O–H groups in total. The monoisotopic (exact) mass is 348 g/mol. The van der Waals surface area contributed by atoms with Gasteiger partial charge in [-0.1, -0.05) is 35.5 Å². The summed E-state index contributed by atoms with van der Waals surface area (Å²) in [6, 6.07) is 17.4. The van der Waals surface area contributed by atoms with E-state index in [4.69, 9.17) is 9.26 Å². The number of aromatic nitrogens is 6.